The van der Waals surface area contributed by atoms with Crippen molar-refractivity contribution in [1.82, 2.24) is 5.32 Å². The predicted octanol–water partition coefficient (Wildman–Crippen LogP) is 2.34. The number of aliphatic imine (C=N–C) groups is 1. The third-order valence-electron chi connectivity index (χ3n) is 4.40. The Morgan fingerprint density at radius 1 is 1.15 bits per heavy atom. The van der Waals surface area contributed by atoms with Crippen LogP contribution in [0, 0.1) is 0 Å². The average molecular weight is 352 g/mol. The summed E-state index contributed by atoms with van der Waals surface area (Å²) in [4.78, 5) is 16.3. The second-order valence-electron chi connectivity index (χ2n) is 6.21. The van der Waals surface area contributed by atoms with Crippen molar-refractivity contribution in [1.29, 1.82) is 0 Å². The Labute approximate surface area is 153 Å². The van der Waals surface area contributed by atoms with E-state index in [2.05, 4.69) is 27.8 Å². The van der Waals surface area contributed by atoms with Gasteiger partial charge in [-0.25, -0.2) is 0 Å². The third kappa shape index (κ3) is 4.53. The number of fused-ring (bicyclic) bond motifs is 1. The molecule has 0 atom stereocenters. The predicted molar refractivity (Wildman–Crippen MR) is 104 cm³/mol. The zero-order chi connectivity index (χ0) is 18.4. The van der Waals surface area contributed by atoms with E-state index in [1.54, 1.807) is 31.4 Å². The minimum Gasteiger partial charge on any atom is -0.497 e. The SMILES string of the molecule is COc1ccc(C(=O)NCCN=C(N)Nc2ccc3c(c2)CCC3)cc1. The van der Waals surface area contributed by atoms with Crippen LogP contribution >= 0.6 is 0 Å². The standard InChI is InChI=1S/C20H24N4O2/c1-26-18-9-6-15(7-10-18)19(25)22-11-12-23-20(21)24-17-8-5-14-3-2-4-16(14)13-17/h5-10,13H,2-4,11-12H2,1H3,(H,22,25)(H3,21,23,24). The van der Waals surface area contributed by atoms with E-state index >= 15 is 0 Å². The Morgan fingerprint density at radius 3 is 2.69 bits per heavy atom. The Balaban J connectivity index is 1.44. The number of methoxy groups -OCH3 is 1. The maximum absolute atomic E-state index is 12.0. The Morgan fingerprint density at radius 2 is 1.92 bits per heavy atom. The summed E-state index contributed by atoms with van der Waals surface area (Å²) in [6.45, 7) is 0.823. The maximum atomic E-state index is 12.0. The first-order valence-corrected chi connectivity index (χ1v) is 8.77. The van der Waals surface area contributed by atoms with Gasteiger partial charge in [0.25, 0.3) is 5.91 Å². The summed E-state index contributed by atoms with van der Waals surface area (Å²) in [7, 11) is 1.59. The van der Waals surface area contributed by atoms with Crippen molar-refractivity contribution >= 4 is 17.6 Å². The van der Waals surface area contributed by atoms with Crippen LogP contribution in [0.3, 0.4) is 0 Å². The highest BCUT2D eigenvalue weighted by atomic mass is 16.5. The molecule has 0 saturated heterocycles. The number of carbonyl (C=O) groups is 1. The number of anilines is 1. The number of amides is 1. The number of ether oxygens (including phenoxy) is 1. The van der Waals surface area contributed by atoms with Gasteiger partial charge >= 0.3 is 0 Å². The fourth-order valence-corrected chi connectivity index (χ4v) is 3.03. The number of hydrogen-bond donors (Lipinski definition) is 3. The summed E-state index contributed by atoms with van der Waals surface area (Å²) in [6, 6.07) is 13.3. The molecular weight excluding hydrogens is 328 g/mol. The quantitative estimate of drug-likeness (QED) is 0.423. The Kier molecular flexibility index (Phi) is 5.73. The van der Waals surface area contributed by atoms with Gasteiger partial charge in [0.05, 0.1) is 13.7 Å². The minimum atomic E-state index is -0.145. The lowest BCUT2D eigenvalue weighted by molar-refractivity contribution is 0.0955. The topological polar surface area (TPSA) is 88.7 Å². The molecule has 4 N–H and O–H groups in total. The maximum Gasteiger partial charge on any atom is 0.251 e. The lowest BCUT2D eigenvalue weighted by atomic mass is 10.1. The smallest absolute Gasteiger partial charge is 0.251 e. The van der Waals surface area contributed by atoms with E-state index in [-0.39, 0.29) is 5.91 Å². The number of benzene rings is 2. The number of rotatable bonds is 6. The summed E-state index contributed by atoms with van der Waals surface area (Å²) in [5, 5.41) is 5.92. The lowest BCUT2D eigenvalue weighted by Gasteiger charge is -2.08. The van der Waals surface area contributed by atoms with Gasteiger partial charge < -0.3 is 21.1 Å². The average Bonchev–Trinajstić information content (AvgIpc) is 3.13. The molecule has 2 aromatic carbocycles. The van der Waals surface area contributed by atoms with Gasteiger partial charge in [-0.05, 0) is 66.8 Å². The van der Waals surface area contributed by atoms with Crippen LogP contribution in [-0.4, -0.2) is 32.1 Å². The highest BCUT2D eigenvalue weighted by Crippen LogP contribution is 2.24. The van der Waals surface area contributed by atoms with Gasteiger partial charge in [0.15, 0.2) is 5.96 Å². The van der Waals surface area contributed by atoms with Gasteiger partial charge in [-0.1, -0.05) is 6.07 Å². The Bertz CT molecular complexity index is 800. The minimum absolute atomic E-state index is 0.145. The largest absolute Gasteiger partial charge is 0.497 e. The number of nitrogens with two attached hydrogens (primary N) is 1. The van der Waals surface area contributed by atoms with E-state index in [4.69, 9.17) is 10.5 Å². The highest BCUT2D eigenvalue weighted by molar-refractivity contribution is 5.94. The molecule has 0 radical (unpaired) electrons. The Hall–Kier alpha value is -3.02. The van der Waals surface area contributed by atoms with Gasteiger partial charge in [-0.15, -0.1) is 0 Å². The zero-order valence-corrected chi connectivity index (χ0v) is 14.9. The molecule has 0 bridgehead atoms. The molecule has 6 nitrogen and oxygen atoms in total. The van der Waals surface area contributed by atoms with Crippen LogP contribution in [-0.2, 0) is 12.8 Å². The first-order chi connectivity index (χ1) is 12.7. The fraction of sp³-hybridized carbons (Fsp3) is 0.300. The molecule has 0 aromatic heterocycles. The molecule has 3 rings (SSSR count). The van der Waals surface area contributed by atoms with Gasteiger partial charge in [-0.2, -0.15) is 0 Å². The van der Waals surface area contributed by atoms with Crippen molar-refractivity contribution in [2.75, 3.05) is 25.5 Å². The van der Waals surface area contributed by atoms with Gasteiger partial charge in [0, 0.05) is 17.8 Å². The van der Waals surface area contributed by atoms with Crippen LogP contribution in [0.1, 0.15) is 27.9 Å². The number of guanidine groups is 1. The van der Waals surface area contributed by atoms with Crippen molar-refractivity contribution in [2.45, 2.75) is 19.3 Å². The van der Waals surface area contributed by atoms with Gasteiger partial charge in [0.1, 0.15) is 5.75 Å². The van der Waals surface area contributed by atoms with Crippen LogP contribution in [0.2, 0.25) is 0 Å². The lowest BCUT2D eigenvalue weighted by Crippen LogP contribution is -2.28. The van der Waals surface area contributed by atoms with Crippen LogP contribution in [0.15, 0.2) is 47.5 Å². The normalized spacial score (nSPS) is 13.2. The first kappa shape index (κ1) is 17.8. The zero-order valence-electron chi connectivity index (χ0n) is 14.9. The van der Waals surface area contributed by atoms with Crippen molar-refractivity contribution in [3.63, 3.8) is 0 Å². The van der Waals surface area contributed by atoms with Gasteiger partial charge in [0.2, 0.25) is 0 Å². The van der Waals surface area contributed by atoms with E-state index in [1.807, 2.05) is 6.07 Å². The molecule has 1 aliphatic rings. The first-order valence-electron chi connectivity index (χ1n) is 8.77. The third-order valence-corrected chi connectivity index (χ3v) is 4.40. The molecule has 0 unspecified atom stereocenters. The summed E-state index contributed by atoms with van der Waals surface area (Å²) >= 11 is 0. The van der Waals surface area contributed by atoms with E-state index < -0.39 is 0 Å². The van der Waals surface area contributed by atoms with E-state index in [0.29, 0.717) is 24.6 Å². The number of hydrogen-bond acceptors (Lipinski definition) is 3. The van der Waals surface area contributed by atoms with Crippen LogP contribution in [0.4, 0.5) is 5.69 Å². The van der Waals surface area contributed by atoms with Crippen molar-refractivity contribution in [3.05, 3.63) is 59.2 Å². The van der Waals surface area contributed by atoms with Gasteiger partial charge in [-0.3, -0.25) is 9.79 Å². The molecular formula is C20H24N4O2. The van der Waals surface area contributed by atoms with Crippen LogP contribution < -0.4 is 21.1 Å². The molecule has 0 heterocycles. The number of carbonyl (C=O) groups excluding carboxylic acids is 1. The molecule has 0 saturated carbocycles. The van der Waals surface area contributed by atoms with Crippen molar-refractivity contribution < 1.29 is 9.53 Å². The summed E-state index contributed by atoms with van der Waals surface area (Å²) in [6.07, 6.45) is 3.50. The summed E-state index contributed by atoms with van der Waals surface area (Å²) in [5.41, 5.74) is 10.3. The molecule has 1 amide bonds. The number of aryl methyl sites for hydroxylation is 2. The molecule has 0 aliphatic heterocycles. The second kappa shape index (κ2) is 8.38. The monoisotopic (exact) mass is 352 g/mol. The highest BCUT2D eigenvalue weighted by Gasteiger charge is 2.10. The van der Waals surface area contributed by atoms with Crippen molar-refractivity contribution in [3.8, 4) is 5.75 Å². The van der Waals surface area contributed by atoms with E-state index in [1.165, 1.54) is 17.5 Å². The van der Waals surface area contributed by atoms with E-state index in [9.17, 15) is 4.79 Å². The molecule has 6 heteroatoms. The molecule has 2 aromatic rings. The fourth-order valence-electron chi connectivity index (χ4n) is 3.03. The molecule has 0 fully saturated rings. The van der Waals surface area contributed by atoms with Crippen molar-refractivity contribution in [2.24, 2.45) is 10.7 Å². The van der Waals surface area contributed by atoms with Crippen LogP contribution in [0.25, 0.3) is 0 Å². The summed E-state index contributed by atoms with van der Waals surface area (Å²) in [5.74, 6) is 0.922. The number of nitrogens with zero attached hydrogens (tertiary/aromatic N) is 1. The van der Waals surface area contributed by atoms with Crippen LogP contribution in [0.5, 0.6) is 5.75 Å². The second-order valence-corrected chi connectivity index (χ2v) is 6.21. The number of nitrogens with one attached hydrogen (secondary N) is 2. The molecule has 0 spiro atoms. The van der Waals surface area contributed by atoms with E-state index in [0.717, 1.165) is 24.3 Å². The molecule has 26 heavy (non-hydrogen) atoms. The molecule has 136 valence electrons. The molecule has 1 aliphatic carbocycles. The summed E-state index contributed by atoms with van der Waals surface area (Å²) < 4.78 is 5.08.